The lowest BCUT2D eigenvalue weighted by Gasteiger charge is -2.32. The number of likely N-dealkylation sites (tertiary alicyclic amines) is 1. The van der Waals surface area contributed by atoms with Crippen LogP contribution in [0.25, 0.3) is 0 Å². The molecule has 1 unspecified atom stereocenters. The topological polar surface area (TPSA) is 113 Å². The van der Waals surface area contributed by atoms with Crippen LogP contribution in [-0.4, -0.2) is 68.9 Å². The van der Waals surface area contributed by atoms with Crippen molar-refractivity contribution in [1.82, 2.24) is 9.62 Å². The fourth-order valence-electron chi connectivity index (χ4n) is 1.92. The van der Waals surface area contributed by atoms with Gasteiger partial charge in [-0.3, -0.25) is 4.79 Å². The summed E-state index contributed by atoms with van der Waals surface area (Å²) in [4.78, 5) is 23.4. The van der Waals surface area contributed by atoms with Gasteiger partial charge in [-0.1, -0.05) is 0 Å². The number of nitrogens with one attached hydrogen (secondary N) is 1. The van der Waals surface area contributed by atoms with Crippen molar-refractivity contribution in [3.63, 3.8) is 0 Å². The van der Waals surface area contributed by atoms with Gasteiger partial charge in [-0.05, 0) is 12.8 Å². The first-order chi connectivity index (χ1) is 8.78. The fraction of sp³-hybridized carbons (Fsp3) is 0.800. The van der Waals surface area contributed by atoms with Crippen LogP contribution >= 0.6 is 0 Å². The smallest absolute Gasteiger partial charge is 0.329 e. The van der Waals surface area contributed by atoms with Gasteiger partial charge in [-0.2, -0.15) is 0 Å². The molecule has 110 valence electrons. The number of ether oxygens (including phenoxy) is 1. The minimum absolute atomic E-state index is 0.280. The summed E-state index contributed by atoms with van der Waals surface area (Å²) in [6.07, 6.45) is 2.44. The lowest BCUT2D eigenvalue weighted by atomic mass is 10.1. The van der Waals surface area contributed by atoms with Crippen LogP contribution in [-0.2, 0) is 24.3 Å². The standard InChI is InChI=1S/C10H18N2O6S/c1-19(16,17)11-8-3-2-4-12(5-8)9(13)6-18-7-10(14)15/h8,11H,2-7H2,1H3,(H,14,15). The highest BCUT2D eigenvalue weighted by Gasteiger charge is 2.25. The predicted octanol–water partition coefficient (Wildman–Crippen LogP) is -1.37. The van der Waals surface area contributed by atoms with Gasteiger partial charge in [0.25, 0.3) is 0 Å². The van der Waals surface area contributed by atoms with Gasteiger partial charge in [0.1, 0.15) is 13.2 Å². The van der Waals surface area contributed by atoms with Gasteiger partial charge in [0.15, 0.2) is 0 Å². The highest BCUT2D eigenvalue weighted by molar-refractivity contribution is 7.88. The van der Waals surface area contributed by atoms with Crippen molar-refractivity contribution in [1.29, 1.82) is 0 Å². The third-order valence-electron chi connectivity index (χ3n) is 2.61. The van der Waals surface area contributed by atoms with Gasteiger partial charge >= 0.3 is 5.97 Å². The maximum absolute atomic E-state index is 11.7. The Morgan fingerprint density at radius 1 is 1.42 bits per heavy atom. The van der Waals surface area contributed by atoms with Crippen LogP contribution in [0.1, 0.15) is 12.8 Å². The van der Waals surface area contributed by atoms with E-state index >= 15 is 0 Å². The Hall–Kier alpha value is -1.19. The van der Waals surface area contributed by atoms with E-state index in [4.69, 9.17) is 9.84 Å². The molecule has 0 spiro atoms. The molecule has 1 aliphatic heterocycles. The Kier molecular flexibility index (Phi) is 5.70. The van der Waals surface area contributed by atoms with Crippen LogP contribution in [0.5, 0.6) is 0 Å². The molecule has 1 rings (SSSR count). The molecule has 9 heteroatoms. The highest BCUT2D eigenvalue weighted by Crippen LogP contribution is 2.11. The zero-order valence-corrected chi connectivity index (χ0v) is 11.5. The number of aliphatic carboxylic acids is 1. The van der Waals surface area contributed by atoms with Crippen LogP contribution in [0.15, 0.2) is 0 Å². The molecule has 0 aromatic rings. The summed E-state index contributed by atoms with van der Waals surface area (Å²) in [6, 6.07) is -0.299. The highest BCUT2D eigenvalue weighted by atomic mass is 32.2. The zero-order valence-electron chi connectivity index (χ0n) is 10.7. The maximum atomic E-state index is 11.7. The monoisotopic (exact) mass is 294 g/mol. The van der Waals surface area contributed by atoms with Gasteiger partial charge < -0.3 is 14.7 Å². The Morgan fingerprint density at radius 3 is 2.68 bits per heavy atom. The van der Waals surface area contributed by atoms with Crippen LogP contribution in [0.3, 0.4) is 0 Å². The number of piperidine rings is 1. The molecule has 1 fully saturated rings. The van der Waals surface area contributed by atoms with E-state index < -0.39 is 22.6 Å². The van der Waals surface area contributed by atoms with E-state index in [1.165, 1.54) is 4.90 Å². The third kappa shape index (κ3) is 6.50. The number of hydrogen-bond acceptors (Lipinski definition) is 5. The quantitative estimate of drug-likeness (QED) is 0.625. The number of nitrogens with zero attached hydrogens (tertiary/aromatic N) is 1. The number of carboxylic acid groups (broad SMARTS) is 1. The van der Waals surface area contributed by atoms with E-state index in [-0.39, 0.29) is 25.1 Å². The molecule has 19 heavy (non-hydrogen) atoms. The first kappa shape index (κ1) is 15.9. The van der Waals surface area contributed by atoms with Gasteiger partial charge in [-0.15, -0.1) is 0 Å². The summed E-state index contributed by atoms with van der Waals surface area (Å²) in [5.74, 6) is -1.47. The van der Waals surface area contributed by atoms with Crippen molar-refractivity contribution in [2.75, 3.05) is 32.6 Å². The van der Waals surface area contributed by atoms with Crippen molar-refractivity contribution in [2.45, 2.75) is 18.9 Å². The molecule has 1 aliphatic rings. The summed E-state index contributed by atoms with van der Waals surface area (Å²) < 4.78 is 29.4. The second-order valence-electron chi connectivity index (χ2n) is 4.46. The fourth-order valence-corrected chi connectivity index (χ4v) is 2.72. The number of sulfonamides is 1. The van der Waals surface area contributed by atoms with Crippen molar-refractivity contribution >= 4 is 21.9 Å². The van der Waals surface area contributed by atoms with E-state index in [1.807, 2.05) is 0 Å². The van der Waals surface area contributed by atoms with E-state index in [2.05, 4.69) is 4.72 Å². The van der Waals surface area contributed by atoms with Gasteiger partial charge in [0.05, 0.1) is 6.26 Å². The van der Waals surface area contributed by atoms with Crippen molar-refractivity contribution < 1.29 is 27.9 Å². The van der Waals surface area contributed by atoms with Crippen LogP contribution in [0, 0.1) is 0 Å². The second kappa shape index (κ2) is 6.83. The largest absolute Gasteiger partial charge is 0.480 e. The predicted molar refractivity (Wildman–Crippen MR) is 66.0 cm³/mol. The number of carbonyl (C=O) groups excluding carboxylic acids is 1. The molecule has 0 aliphatic carbocycles. The van der Waals surface area contributed by atoms with Crippen LogP contribution in [0.4, 0.5) is 0 Å². The lowest BCUT2D eigenvalue weighted by Crippen LogP contribution is -2.50. The van der Waals surface area contributed by atoms with Gasteiger partial charge in [-0.25, -0.2) is 17.9 Å². The molecule has 0 aromatic carbocycles. The minimum Gasteiger partial charge on any atom is -0.480 e. The van der Waals surface area contributed by atoms with Crippen molar-refractivity contribution in [3.8, 4) is 0 Å². The summed E-state index contributed by atoms with van der Waals surface area (Å²) in [5, 5.41) is 8.38. The van der Waals surface area contributed by atoms with Gasteiger partial charge in [0, 0.05) is 19.1 Å². The Labute approximate surface area is 111 Å². The maximum Gasteiger partial charge on any atom is 0.329 e. The summed E-state index contributed by atoms with van der Waals surface area (Å²) in [5.41, 5.74) is 0. The molecule has 2 N–H and O–H groups in total. The van der Waals surface area contributed by atoms with E-state index in [1.54, 1.807) is 0 Å². The average Bonchev–Trinajstić information content (AvgIpc) is 2.26. The normalized spacial score (nSPS) is 20.3. The molecule has 0 saturated carbocycles. The number of carboxylic acids is 1. The Morgan fingerprint density at radius 2 is 2.11 bits per heavy atom. The molecule has 0 radical (unpaired) electrons. The molecule has 1 saturated heterocycles. The number of amides is 1. The first-order valence-corrected chi connectivity index (χ1v) is 7.71. The van der Waals surface area contributed by atoms with E-state index in [0.717, 1.165) is 6.26 Å². The molecule has 0 bridgehead atoms. The van der Waals surface area contributed by atoms with Crippen molar-refractivity contribution in [2.24, 2.45) is 0 Å². The zero-order chi connectivity index (χ0) is 14.5. The van der Waals surface area contributed by atoms with Crippen LogP contribution < -0.4 is 4.72 Å². The van der Waals surface area contributed by atoms with E-state index in [0.29, 0.717) is 19.4 Å². The average molecular weight is 294 g/mol. The molecule has 0 aromatic heterocycles. The summed E-state index contributed by atoms with van der Waals surface area (Å²) >= 11 is 0. The van der Waals surface area contributed by atoms with Crippen LogP contribution in [0.2, 0.25) is 0 Å². The van der Waals surface area contributed by atoms with Crippen molar-refractivity contribution in [3.05, 3.63) is 0 Å². The number of rotatable bonds is 6. The molecule has 1 atom stereocenters. The SMILES string of the molecule is CS(=O)(=O)NC1CCCN(C(=O)COCC(=O)O)C1. The number of hydrogen-bond donors (Lipinski definition) is 2. The minimum atomic E-state index is -3.30. The molecule has 8 nitrogen and oxygen atoms in total. The Bertz CT molecular complexity index is 435. The molecule has 1 amide bonds. The lowest BCUT2D eigenvalue weighted by molar-refractivity contribution is -0.146. The van der Waals surface area contributed by atoms with Gasteiger partial charge in [0.2, 0.25) is 15.9 Å². The summed E-state index contributed by atoms with van der Waals surface area (Å²) in [7, 11) is -3.30. The summed E-state index contributed by atoms with van der Waals surface area (Å²) in [6.45, 7) is -0.0258. The molecular formula is C10H18N2O6S. The first-order valence-electron chi connectivity index (χ1n) is 5.82. The Balaban J connectivity index is 2.41. The number of carbonyl (C=O) groups is 2. The van der Waals surface area contributed by atoms with E-state index in [9.17, 15) is 18.0 Å². The second-order valence-corrected chi connectivity index (χ2v) is 6.24. The third-order valence-corrected chi connectivity index (χ3v) is 3.37. The molecular weight excluding hydrogens is 276 g/mol. The molecule has 1 heterocycles.